The Balaban J connectivity index is 1.87. The summed E-state index contributed by atoms with van der Waals surface area (Å²) in [5.41, 5.74) is 1.97. The Labute approximate surface area is 178 Å². The molecule has 9 heteroatoms. The maximum atomic E-state index is 12.7. The summed E-state index contributed by atoms with van der Waals surface area (Å²) in [4.78, 5) is 20.1. The lowest BCUT2D eigenvalue weighted by atomic mass is 10.2. The van der Waals surface area contributed by atoms with E-state index < -0.39 is 21.0 Å². The summed E-state index contributed by atoms with van der Waals surface area (Å²) < 4.78 is 30.6. The number of aromatic nitrogens is 2. The number of aryl methyl sites for hydroxylation is 2. The third-order valence-corrected chi connectivity index (χ3v) is 6.18. The zero-order valence-corrected chi connectivity index (χ0v) is 17.8. The molecule has 0 saturated heterocycles. The molecule has 0 saturated carbocycles. The Morgan fingerprint density at radius 1 is 1.03 bits per heavy atom. The van der Waals surface area contributed by atoms with E-state index in [-0.39, 0.29) is 22.2 Å². The normalized spacial score (nSPS) is 11.3. The second-order valence-electron chi connectivity index (χ2n) is 6.39. The minimum atomic E-state index is -3.89. The molecule has 0 amide bonds. The van der Waals surface area contributed by atoms with Gasteiger partial charge in [0.15, 0.2) is 5.69 Å². The van der Waals surface area contributed by atoms with Gasteiger partial charge < -0.3 is 4.74 Å². The van der Waals surface area contributed by atoms with Crippen LogP contribution in [0.1, 0.15) is 27.2 Å². The molecule has 0 spiro atoms. The van der Waals surface area contributed by atoms with Crippen LogP contribution in [-0.4, -0.2) is 24.4 Å². The van der Waals surface area contributed by atoms with Gasteiger partial charge in [-0.05, 0) is 43.2 Å². The molecule has 1 heterocycles. The molecule has 2 aromatic carbocycles. The summed E-state index contributed by atoms with van der Waals surface area (Å²) in [5, 5.41) is -0.0916. The average Bonchev–Trinajstić information content (AvgIpc) is 2.66. The van der Waals surface area contributed by atoms with E-state index in [0.717, 1.165) is 11.8 Å². The molecule has 0 unspecified atom stereocenters. The number of carbonyl (C=O) groups excluding carboxylic acids is 1. The first-order valence-corrected chi connectivity index (χ1v) is 10.9. The molecule has 3 aromatic rings. The SMILES string of the molecule is Cc1ccc(CS(=O)(=O)c2ncc(Cl)c(C(=O)Oc3ccc(Cl)c(C)c3)n2)cc1. The first-order valence-electron chi connectivity index (χ1n) is 8.45. The van der Waals surface area contributed by atoms with Crippen molar-refractivity contribution in [2.75, 3.05) is 0 Å². The number of rotatable bonds is 5. The minimum absolute atomic E-state index is 0.116. The molecule has 150 valence electrons. The Hall–Kier alpha value is -2.48. The van der Waals surface area contributed by atoms with Crippen LogP contribution in [0.15, 0.2) is 53.8 Å². The lowest BCUT2D eigenvalue weighted by molar-refractivity contribution is 0.0727. The molecule has 6 nitrogen and oxygen atoms in total. The predicted octanol–water partition coefficient (Wildman–Crippen LogP) is 4.59. The second-order valence-corrected chi connectivity index (χ2v) is 9.09. The van der Waals surface area contributed by atoms with Gasteiger partial charge in [0.2, 0.25) is 15.0 Å². The summed E-state index contributed by atoms with van der Waals surface area (Å²) in [6.45, 7) is 3.66. The van der Waals surface area contributed by atoms with E-state index in [4.69, 9.17) is 27.9 Å². The lowest BCUT2D eigenvalue weighted by Gasteiger charge is -2.08. The van der Waals surface area contributed by atoms with Crippen molar-refractivity contribution in [2.45, 2.75) is 24.8 Å². The average molecular weight is 451 g/mol. The number of sulfone groups is 1. The minimum Gasteiger partial charge on any atom is -0.422 e. The third-order valence-electron chi connectivity index (χ3n) is 4.01. The van der Waals surface area contributed by atoms with Gasteiger partial charge >= 0.3 is 5.97 Å². The van der Waals surface area contributed by atoms with Crippen LogP contribution < -0.4 is 4.74 Å². The Kier molecular flexibility index (Phi) is 6.21. The summed E-state index contributed by atoms with van der Waals surface area (Å²) in [6, 6.07) is 11.7. The second kappa shape index (κ2) is 8.49. The Morgan fingerprint density at radius 3 is 2.38 bits per heavy atom. The molecular weight excluding hydrogens is 435 g/mol. The highest BCUT2D eigenvalue weighted by atomic mass is 35.5. The van der Waals surface area contributed by atoms with Crippen LogP contribution in [0.5, 0.6) is 5.75 Å². The first kappa shape index (κ1) is 21.2. The van der Waals surface area contributed by atoms with Crippen LogP contribution in [-0.2, 0) is 15.6 Å². The van der Waals surface area contributed by atoms with Gasteiger partial charge in [0.1, 0.15) is 5.75 Å². The quantitative estimate of drug-likeness (QED) is 0.320. The van der Waals surface area contributed by atoms with E-state index in [1.54, 1.807) is 31.2 Å². The number of nitrogens with zero attached hydrogens (tertiary/aromatic N) is 2. The van der Waals surface area contributed by atoms with Crippen molar-refractivity contribution >= 4 is 39.0 Å². The molecule has 29 heavy (non-hydrogen) atoms. The van der Waals surface area contributed by atoms with E-state index in [1.807, 2.05) is 19.1 Å². The van der Waals surface area contributed by atoms with Crippen LogP contribution in [0.3, 0.4) is 0 Å². The number of benzene rings is 2. The van der Waals surface area contributed by atoms with Crippen molar-refractivity contribution < 1.29 is 17.9 Å². The largest absolute Gasteiger partial charge is 0.422 e. The number of carbonyl (C=O) groups is 1. The molecule has 3 rings (SSSR count). The molecule has 0 fully saturated rings. The molecule has 0 atom stereocenters. The highest BCUT2D eigenvalue weighted by molar-refractivity contribution is 7.90. The van der Waals surface area contributed by atoms with Crippen molar-refractivity contribution in [1.82, 2.24) is 9.97 Å². The lowest BCUT2D eigenvalue weighted by Crippen LogP contribution is -2.16. The highest BCUT2D eigenvalue weighted by Crippen LogP contribution is 2.23. The molecule has 0 aliphatic carbocycles. The van der Waals surface area contributed by atoms with Gasteiger partial charge in [0, 0.05) is 5.02 Å². The maximum absolute atomic E-state index is 12.7. The Bertz CT molecular complexity index is 1180. The van der Waals surface area contributed by atoms with Crippen molar-refractivity contribution in [3.63, 3.8) is 0 Å². The van der Waals surface area contributed by atoms with Crippen LogP contribution in [0, 0.1) is 13.8 Å². The zero-order valence-electron chi connectivity index (χ0n) is 15.5. The van der Waals surface area contributed by atoms with Gasteiger partial charge in [-0.15, -0.1) is 0 Å². The molecule has 0 N–H and O–H groups in total. The Morgan fingerprint density at radius 2 is 1.72 bits per heavy atom. The van der Waals surface area contributed by atoms with E-state index in [1.165, 1.54) is 6.07 Å². The summed E-state index contributed by atoms with van der Waals surface area (Å²) in [6.07, 6.45) is 1.07. The molecule has 0 aliphatic heterocycles. The smallest absolute Gasteiger partial charge is 0.364 e. The van der Waals surface area contributed by atoms with Crippen molar-refractivity contribution in [2.24, 2.45) is 0 Å². The van der Waals surface area contributed by atoms with E-state index in [0.29, 0.717) is 16.1 Å². The van der Waals surface area contributed by atoms with Gasteiger partial charge in [-0.2, -0.15) is 0 Å². The monoisotopic (exact) mass is 450 g/mol. The first-order chi connectivity index (χ1) is 13.7. The van der Waals surface area contributed by atoms with Crippen LogP contribution in [0.25, 0.3) is 0 Å². The van der Waals surface area contributed by atoms with Gasteiger partial charge in [-0.25, -0.2) is 23.2 Å². The van der Waals surface area contributed by atoms with Gasteiger partial charge in [-0.3, -0.25) is 0 Å². The number of ether oxygens (including phenoxy) is 1. The van der Waals surface area contributed by atoms with E-state index >= 15 is 0 Å². The fourth-order valence-electron chi connectivity index (χ4n) is 2.45. The molecule has 0 bridgehead atoms. The van der Waals surface area contributed by atoms with Crippen LogP contribution in [0.4, 0.5) is 0 Å². The van der Waals surface area contributed by atoms with Crippen molar-refractivity contribution in [3.8, 4) is 5.75 Å². The number of hydrogen-bond acceptors (Lipinski definition) is 6. The molecule has 0 radical (unpaired) electrons. The molecule has 0 aliphatic rings. The fourth-order valence-corrected chi connectivity index (χ4v) is 3.94. The maximum Gasteiger partial charge on any atom is 0.364 e. The number of esters is 1. The van der Waals surface area contributed by atoms with E-state index in [2.05, 4.69) is 9.97 Å². The topological polar surface area (TPSA) is 86.2 Å². The summed E-state index contributed by atoms with van der Waals surface area (Å²) in [5.74, 6) is -0.971. The number of hydrogen-bond donors (Lipinski definition) is 0. The summed E-state index contributed by atoms with van der Waals surface area (Å²) >= 11 is 12.0. The van der Waals surface area contributed by atoms with Gasteiger partial charge in [0.05, 0.1) is 17.0 Å². The third kappa shape index (κ3) is 5.12. The standard InChI is InChI=1S/C20H16Cl2N2O4S/c1-12-3-5-14(6-4-12)11-29(26,27)20-23-10-17(22)18(24-20)19(25)28-15-7-8-16(21)13(2)9-15/h3-10H,11H2,1-2H3. The summed E-state index contributed by atoms with van der Waals surface area (Å²) in [7, 11) is -3.89. The molecule has 1 aromatic heterocycles. The van der Waals surface area contributed by atoms with Gasteiger partial charge in [-0.1, -0.05) is 53.0 Å². The highest BCUT2D eigenvalue weighted by Gasteiger charge is 2.24. The van der Waals surface area contributed by atoms with Crippen molar-refractivity contribution in [3.05, 3.63) is 81.1 Å². The fraction of sp³-hybridized carbons (Fsp3) is 0.150. The van der Waals surface area contributed by atoms with Gasteiger partial charge in [0.25, 0.3) is 0 Å². The zero-order chi connectivity index (χ0) is 21.2. The van der Waals surface area contributed by atoms with E-state index in [9.17, 15) is 13.2 Å². The molecular formula is C20H16Cl2N2O4S. The van der Waals surface area contributed by atoms with Crippen molar-refractivity contribution in [1.29, 1.82) is 0 Å². The predicted molar refractivity (Wildman–Crippen MR) is 110 cm³/mol. The van der Waals surface area contributed by atoms with Crippen LogP contribution >= 0.6 is 23.2 Å². The number of halogens is 2. The van der Waals surface area contributed by atoms with Crippen LogP contribution in [0.2, 0.25) is 10.0 Å².